The van der Waals surface area contributed by atoms with Crippen LogP contribution in [0.3, 0.4) is 0 Å². The zero-order chi connectivity index (χ0) is 13.3. The van der Waals surface area contributed by atoms with Crippen LogP contribution in [0, 0.1) is 0 Å². The number of benzene rings is 1. The standard InChI is InChI=1S/C12H10ClNO4/c1-7(15)18-9-4-2-8(3-5-9)14-11(16)6-10(13)12(14)17/h2-5,10H,6H2,1H3/t10-/m0/s1. The SMILES string of the molecule is CC(=O)Oc1ccc(N2C(=O)C[C@H](Cl)C2=O)cc1. The quantitative estimate of drug-likeness (QED) is 0.352. The largest absolute Gasteiger partial charge is 0.427 e. The van der Waals surface area contributed by atoms with Gasteiger partial charge in [0.2, 0.25) is 5.91 Å². The van der Waals surface area contributed by atoms with Crippen LogP contribution in [0.1, 0.15) is 13.3 Å². The predicted octanol–water partition coefficient (Wildman–Crippen LogP) is 1.48. The van der Waals surface area contributed by atoms with Gasteiger partial charge in [0.05, 0.1) is 12.1 Å². The molecule has 1 fully saturated rings. The van der Waals surface area contributed by atoms with Gasteiger partial charge in [0.15, 0.2) is 0 Å². The molecule has 1 atom stereocenters. The fraction of sp³-hybridized carbons (Fsp3) is 0.250. The third-order valence-corrected chi connectivity index (χ3v) is 2.79. The fourth-order valence-electron chi connectivity index (χ4n) is 1.70. The van der Waals surface area contributed by atoms with Crippen molar-refractivity contribution in [1.29, 1.82) is 0 Å². The molecule has 18 heavy (non-hydrogen) atoms. The van der Waals surface area contributed by atoms with Gasteiger partial charge in [-0.25, -0.2) is 4.90 Å². The number of hydrogen-bond donors (Lipinski definition) is 0. The van der Waals surface area contributed by atoms with Crippen molar-refractivity contribution in [3.63, 3.8) is 0 Å². The molecule has 1 heterocycles. The summed E-state index contributed by atoms with van der Waals surface area (Å²) in [5.74, 6) is -0.841. The first-order chi connectivity index (χ1) is 8.49. The van der Waals surface area contributed by atoms with E-state index in [0.29, 0.717) is 11.4 Å². The van der Waals surface area contributed by atoms with Crippen LogP contribution < -0.4 is 9.64 Å². The average Bonchev–Trinajstić information content (AvgIpc) is 2.54. The summed E-state index contributed by atoms with van der Waals surface area (Å²) < 4.78 is 4.85. The molecule has 0 N–H and O–H groups in total. The molecule has 1 aromatic rings. The molecule has 6 heteroatoms. The molecule has 2 rings (SSSR count). The Kier molecular flexibility index (Phi) is 3.34. The van der Waals surface area contributed by atoms with Crippen LogP contribution in [0.4, 0.5) is 5.69 Å². The summed E-state index contributed by atoms with van der Waals surface area (Å²) in [5, 5.41) is -0.800. The van der Waals surface area contributed by atoms with Crippen molar-refractivity contribution in [3.05, 3.63) is 24.3 Å². The van der Waals surface area contributed by atoms with E-state index in [-0.39, 0.29) is 12.3 Å². The zero-order valence-electron chi connectivity index (χ0n) is 9.55. The van der Waals surface area contributed by atoms with Crippen molar-refractivity contribution in [1.82, 2.24) is 0 Å². The first-order valence-electron chi connectivity index (χ1n) is 5.28. The van der Waals surface area contributed by atoms with Crippen LogP contribution in [0.2, 0.25) is 0 Å². The van der Waals surface area contributed by atoms with Crippen LogP contribution in [-0.2, 0) is 14.4 Å². The Balaban J connectivity index is 2.22. The third kappa shape index (κ3) is 2.36. The normalized spacial score (nSPS) is 19.2. The number of carbonyl (C=O) groups excluding carboxylic acids is 3. The van der Waals surface area contributed by atoms with Gasteiger partial charge in [-0.05, 0) is 24.3 Å². The molecule has 1 aromatic carbocycles. The maximum atomic E-state index is 11.7. The van der Waals surface area contributed by atoms with Gasteiger partial charge in [0, 0.05) is 6.92 Å². The van der Waals surface area contributed by atoms with Crippen molar-refractivity contribution in [2.45, 2.75) is 18.7 Å². The number of amides is 2. The summed E-state index contributed by atoms with van der Waals surface area (Å²) in [6.45, 7) is 1.29. The Morgan fingerprint density at radius 2 is 1.94 bits per heavy atom. The number of ether oxygens (including phenoxy) is 1. The summed E-state index contributed by atoms with van der Waals surface area (Å²) in [4.78, 5) is 35.0. The predicted molar refractivity (Wildman–Crippen MR) is 64.5 cm³/mol. The molecule has 0 unspecified atom stereocenters. The lowest BCUT2D eigenvalue weighted by atomic mass is 10.3. The Hall–Kier alpha value is -1.88. The molecule has 0 radical (unpaired) electrons. The third-order valence-electron chi connectivity index (χ3n) is 2.45. The molecular formula is C12H10ClNO4. The Morgan fingerprint density at radius 1 is 1.33 bits per heavy atom. The monoisotopic (exact) mass is 267 g/mol. The highest BCUT2D eigenvalue weighted by atomic mass is 35.5. The topological polar surface area (TPSA) is 63.7 Å². The van der Waals surface area contributed by atoms with Gasteiger partial charge in [-0.3, -0.25) is 14.4 Å². The highest BCUT2D eigenvalue weighted by Gasteiger charge is 2.38. The van der Waals surface area contributed by atoms with Gasteiger partial charge >= 0.3 is 5.97 Å². The Bertz CT molecular complexity index is 511. The molecule has 1 aliphatic rings. The minimum atomic E-state index is -0.800. The molecule has 0 bridgehead atoms. The molecule has 94 valence electrons. The number of nitrogens with zero attached hydrogens (tertiary/aromatic N) is 1. The molecule has 1 saturated heterocycles. The van der Waals surface area contributed by atoms with Crippen molar-refractivity contribution >= 4 is 35.1 Å². The first-order valence-corrected chi connectivity index (χ1v) is 5.72. The average molecular weight is 268 g/mol. The molecule has 5 nitrogen and oxygen atoms in total. The maximum Gasteiger partial charge on any atom is 0.308 e. The summed E-state index contributed by atoms with van der Waals surface area (Å²) in [6, 6.07) is 6.09. The van der Waals surface area contributed by atoms with E-state index >= 15 is 0 Å². The van der Waals surface area contributed by atoms with Gasteiger partial charge < -0.3 is 4.74 Å². The number of esters is 1. The molecule has 0 aromatic heterocycles. The zero-order valence-corrected chi connectivity index (χ0v) is 10.3. The second-order valence-corrected chi connectivity index (χ2v) is 4.35. The van der Waals surface area contributed by atoms with Crippen LogP contribution in [0.15, 0.2) is 24.3 Å². The lowest BCUT2D eigenvalue weighted by Crippen LogP contribution is -2.30. The second kappa shape index (κ2) is 4.78. The lowest BCUT2D eigenvalue weighted by molar-refractivity contribution is -0.132. The first kappa shape index (κ1) is 12.6. The second-order valence-electron chi connectivity index (χ2n) is 3.83. The number of hydrogen-bond acceptors (Lipinski definition) is 4. The van der Waals surface area contributed by atoms with E-state index < -0.39 is 17.3 Å². The molecular weight excluding hydrogens is 258 g/mol. The minimum Gasteiger partial charge on any atom is -0.427 e. The van der Waals surface area contributed by atoms with E-state index in [4.69, 9.17) is 16.3 Å². The number of carbonyl (C=O) groups is 3. The number of alkyl halides is 1. The van der Waals surface area contributed by atoms with Gasteiger partial charge in [-0.15, -0.1) is 11.6 Å². The van der Waals surface area contributed by atoms with E-state index in [1.165, 1.54) is 31.2 Å². The van der Waals surface area contributed by atoms with E-state index in [9.17, 15) is 14.4 Å². The van der Waals surface area contributed by atoms with E-state index in [1.807, 2.05) is 0 Å². The van der Waals surface area contributed by atoms with Crippen molar-refractivity contribution in [2.75, 3.05) is 4.90 Å². The van der Waals surface area contributed by atoms with Crippen molar-refractivity contribution in [3.8, 4) is 5.75 Å². The van der Waals surface area contributed by atoms with Gasteiger partial charge in [0.25, 0.3) is 5.91 Å². The molecule has 0 spiro atoms. The Labute approximate surface area is 108 Å². The summed E-state index contributed by atoms with van der Waals surface area (Å²) in [6.07, 6.45) is 0.00604. The fourth-order valence-corrected chi connectivity index (χ4v) is 1.92. The smallest absolute Gasteiger partial charge is 0.308 e. The van der Waals surface area contributed by atoms with Gasteiger partial charge in [-0.2, -0.15) is 0 Å². The van der Waals surface area contributed by atoms with Crippen molar-refractivity contribution in [2.24, 2.45) is 0 Å². The minimum absolute atomic E-state index is 0.00604. The van der Waals surface area contributed by atoms with Crippen LogP contribution in [0.25, 0.3) is 0 Å². The van der Waals surface area contributed by atoms with Crippen LogP contribution in [0.5, 0.6) is 5.75 Å². The summed E-state index contributed by atoms with van der Waals surface area (Å²) in [5.41, 5.74) is 0.420. The highest BCUT2D eigenvalue weighted by Crippen LogP contribution is 2.27. The molecule has 0 aliphatic carbocycles. The van der Waals surface area contributed by atoms with E-state index in [1.54, 1.807) is 0 Å². The molecule has 2 amide bonds. The van der Waals surface area contributed by atoms with Crippen molar-refractivity contribution < 1.29 is 19.1 Å². The number of anilines is 1. The summed E-state index contributed by atoms with van der Waals surface area (Å²) >= 11 is 5.72. The maximum absolute atomic E-state index is 11.7. The highest BCUT2D eigenvalue weighted by molar-refractivity contribution is 6.40. The molecule has 0 saturated carbocycles. The van der Waals surface area contributed by atoms with Crippen LogP contribution in [-0.4, -0.2) is 23.2 Å². The van der Waals surface area contributed by atoms with E-state index in [0.717, 1.165) is 4.90 Å². The van der Waals surface area contributed by atoms with Gasteiger partial charge in [-0.1, -0.05) is 0 Å². The number of halogens is 1. The van der Waals surface area contributed by atoms with E-state index in [2.05, 4.69) is 0 Å². The van der Waals surface area contributed by atoms with Crippen LogP contribution >= 0.6 is 11.6 Å². The number of imide groups is 1. The van der Waals surface area contributed by atoms with Gasteiger partial charge in [0.1, 0.15) is 11.1 Å². The number of rotatable bonds is 2. The summed E-state index contributed by atoms with van der Waals surface area (Å²) in [7, 11) is 0. The lowest BCUT2D eigenvalue weighted by Gasteiger charge is -2.14. The molecule has 1 aliphatic heterocycles. The Morgan fingerprint density at radius 3 is 2.39 bits per heavy atom.